The Bertz CT molecular complexity index is 424. The number of likely N-dealkylation sites (tertiary alicyclic amines) is 1. The third-order valence-electron chi connectivity index (χ3n) is 2.72. The highest BCUT2D eigenvalue weighted by molar-refractivity contribution is 7.12. The summed E-state index contributed by atoms with van der Waals surface area (Å²) in [6.45, 7) is -2.18. The first-order valence-corrected chi connectivity index (χ1v) is 6.45. The van der Waals surface area contributed by atoms with Crippen LogP contribution in [0.15, 0.2) is 11.4 Å². The van der Waals surface area contributed by atoms with Crippen molar-refractivity contribution in [1.82, 2.24) is 4.90 Å². The summed E-state index contributed by atoms with van der Waals surface area (Å²) < 4.78 is 28.6. The highest BCUT2D eigenvalue weighted by atomic mass is 32.1. The van der Waals surface area contributed by atoms with Gasteiger partial charge >= 0.3 is 6.61 Å². The molecule has 0 spiro atoms. The quantitative estimate of drug-likeness (QED) is 0.918. The molecule has 1 aromatic rings. The van der Waals surface area contributed by atoms with E-state index in [9.17, 15) is 18.7 Å². The highest BCUT2D eigenvalue weighted by Crippen LogP contribution is 2.28. The molecule has 0 aliphatic carbocycles. The number of rotatable bonds is 3. The SMILES string of the molecule is O=C(c1sccc1OC(F)F)N1CCC[C@H](O)C1. The van der Waals surface area contributed by atoms with Crippen LogP contribution < -0.4 is 4.74 Å². The second kappa shape index (κ2) is 5.62. The Morgan fingerprint density at radius 2 is 2.39 bits per heavy atom. The van der Waals surface area contributed by atoms with E-state index in [0.717, 1.165) is 11.3 Å². The fraction of sp³-hybridized carbons (Fsp3) is 0.545. The minimum absolute atomic E-state index is 0.0972. The summed E-state index contributed by atoms with van der Waals surface area (Å²) in [5.74, 6) is -0.459. The van der Waals surface area contributed by atoms with Crippen molar-refractivity contribution < 1.29 is 23.4 Å². The van der Waals surface area contributed by atoms with Crippen LogP contribution in [0.4, 0.5) is 8.78 Å². The molecule has 1 atom stereocenters. The fourth-order valence-electron chi connectivity index (χ4n) is 1.93. The zero-order valence-electron chi connectivity index (χ0n) is 9.51. The van der Waals surface area contributed by atoms with Crippen LogP contribution in [-0.2, 0) is 0 Å². The Balaban J connectivity index is 2.10. The van der Waals surface area contributed by atoms with Crippen molar-refractivity contribution in [2.45, 2.75) is 25.6 Å². The molecule has 100 valence electrons. The molecule has 0 bridgehead atoms. The second-order valence-corrected chi connectivity index (χ2v) is 4.96. The highest BCUT2D eigenvalue weighted by Gasteiger charge is 2.26. The predicted octanol–water partition coefficient (Wildman–Crippen LogP) is 1.95. The van der Waals surface area contributed by atoms with E-state index < -0.39 is 12.7 Å². The number of alkyl halides is 2. The number of hydrogen-bond donors (Lipinski definition) is 1. The van der Waals surface area contributed by atoms with Crippen LogP contribution in [0.25, 0.3) is 0 Å². The molecule has 4 nitrogen and oxygen atoms in total. The molecular formula is C11H13F2NO3S. The third-order valence-corrected chi connectivity index (χ3v) is 3.61. The van der Waals surface area contributed by atoms with E-state index in [-0.39, 0.29) is 23.1 Å². The van der Waals surface area contributed by atoms with Gasteiger partial charge < -0.3 is 14.7 Å². The molecule has 1 aromatic heterocycles. The van der Waals surface area contributed by atoms with E-state index in [0.29, 0.717) is 19.4 Å². The van der Waals surface area contributed by atoms with Crippen molar-refractivity contribution in [2.24, 2.45) is 0 Å². The molecule has 2 rings (SSSR count). The third kappa shape index (κ3) is 2.97. The summed E-state index contributed by atoms with van der Waals surface area (Å²) in [5, 5.41) is 11.0. The molecule has 7 heteroatoms. The van der Waals surface area contributed by atoms with Crippen molar-refractivity contribution >= 4 is 17.2 Å². The lowest BCUT2D eigenvalue weighted by Crippen LogP contribution is -2.42. The Morgan fingerprint density at radius 3 is 3.06 bits per heavy atom. The van der Waals surface area contributed by atoms with E-state index in [1.165, 1.54) is 16.3 Å². The predicted molar refractivity (Wildman–Crippen MR) is 62.1 cm³/mol. The average Bonchev–Trinajstić information content (AvgIpc) is 2.75. The summed E-state index contributed by atoms with van der Waals surface area (Å²) in [6, 6.07) is 1.35. The van der Waals surface area contributed by atoms with Crippen LogP contribution in [0.5, 0.6) is 5.75 Å². The van der Waals surface area contributed by atoms with Gasteiger partial charge in [0.1, 0.15) is 10.6 Å². The first-order chi connectivity index (χ1) is 8.58. The van der Waals surface area contributed by atoms with Gasteiger partial charge in [0.25, 0.3) is 5.91 Å². The van der Waals surface area contributed by atoms with E-state index in [1.807, 2.05) is 0 Å². The van der Waals surface area contributed by atoms with Crippen molar-refractivity contribution in [3.63, 3.8) is 0 Å². The molecule has 1 aliphatic heterocycles. The topological polar surface area (TPSA) is 49.8 Å². The first-order valence-electron chi connectivity index (χ1n) is 5.57. The number of nitrogens with zero attached hydrogens (tertiary/aromatic N) is 1. The van der Waals surface area contributed by atoms with E-state index in [1.54, 1.807) is 0 Å². The molecule has 1 saturated heterocycles. The van der Waals surface area contributed by atoms with Crippen molar-refractivity contribution in [2.75, 3.05) is 13.1 Å². The van der Waals surface area contributed by atoms with E-state index >= 15 is 0 Å². The number of carbonyl (C=O) groups excluding carboxylic acids is 1. The first kappa shape index (κ1) is 13.2. The van der Waals surface area contributed by atoms with Gasteiger partial charge in [-0.1, -0.05) is 0 Å². The van der Waals surface area contributed by atoms with E-state index in [4.69, 9.17) is 0 Å². The molecule has 1 amide bonds. The number of aliphatic hydroxyl groups is 1. The lowest BCUT2D eigenvalue weighted by molar-refractivity contribution is -0.0500. The normalized spacial score (nSPS) is 20.2. The number of β-amino-alcohol motifs (C(OH)–C–C–N with tert-alkyl or cyclic N) is 1. The zero-order chi connectivity index (χ0) is 13.1. The summed E-state index contributed by atoms with van der Waals surface area (Å²) >= 11 is 1.06. The van der Waals surface area contributed by atoms with Gasteiger partial charge in [-0.3, -0.25) is 4.79 Å². The van der Waals surface area contributed by atoms with Gasteiger partial charge in [0, 0.05) is 13.1 Å². The number of thiophene rings is 1. The number of hydrogen-bond acceptors (Lipinski definition) is 4. The molecule has 0 aromatic carbocycles. The number of halogens is 2. The molecule has 1 aliphatic rings. The molecule has 2 heterocycles. The van der Waals surface area contributed by atoms with Gasteiger partial charge in [0.15, 0.2) is 0 Å². The molecule has 1 N–H and O–H groups in total. The summed E-state index contributed by atoms with van der Waals surface area (Å²) in [6.07, 6.45) is 0.833. The van der Waals surface area contributed by atoms with Crippen LogP contribution in [0.2, 0.25) is 0 Å². The Morgan fingerprint density at radius 1 is 1.61 bits per heavy atom. The maximum Gasteiger partial charge on any atom is 0.387 e. The molecule has 0 unspecified atom stereocenters. The maximum absolute atomic E-state index is 12.2. The van der Waals surface area contributed by atoms with Crippen LogP contribution in [0, 0.1) is 0 Å². The van der Waals surface area contributed by atoms with Crippen LogP contribution in [0.3, 0.4) is 0 Å². The van der Waals surface area contributed by atoms with Gasteiger partial charge in [0.05, 0.1) is 6.10 Å². The van der Waals surface area contributed by atoms with Gasteiger partial charge in [0.2, 0.25) is 0 Å². The molecule has 0 saturated carbocycles. The number of amides is 1. The van der Waals surface area contributed by atoms with Gasteiger partial charge in [-0.25, -0.2) is 0 Å². The number of piperidine rings is 1. The lowest BCUT2D eigenvalue weighted by Gasteiger charge is -2.29. The summed E-state index contributed by atoms with van der Waals surface area (Å²) in [5.41, 5.74) is 0. The molecular weight excluding hydrogens is 264 g/mol. The lowest BCUT2D eigenvalue weighted by atomic mass is 10.1. The minimum atomic E-state index is -2.95. The maximum atomic E-state index is 12.2. The van der Waals surface area contributed by atoms with Crippen molar-refractivity contribution in [1.29, 1.82) is 0 Å². The van der Waals surface area contributed by atoms with Crippen molar-refractivity contribution in [3.05, 3.63) is 16.3 Å². The van der Waals surface area contributed by atoms with Gasteiger partial charge in [-0.2, -0.15) is 8.78 Å². The number of carbonyl (C=O) groups is 1. The number of ether oxygens (including phenoxy) is 1. The van der Waals surface area contributed by atoms with Gasteiger partial charge in [-0.05, 0) is 24.3 Å². The van der Waals surface area contributed by atoms with Crippen molar-refractivity contribution in [3.8, 4) is 5.75 Å². The Hall–Kier alpha value is -1.21. The zero-order valence-corrected chi connectivity index (χ0v) is 10.3. The smallest absolute Gasteiger partial charge is 0.387 e. The summed E-state index contributed by atoms with van der Waals surface area (Å²) in [4.78, 5) is 13.7. The van der Waals surface area contributed by atoms with Crippen LogP contribution in [-0.4, -0.2) is 41.7 Å². The van der Waals surface area contributed by atoms with Crippen LogP contribution >= 0.6 is 11.3 Å². The van der Waals surface area contributed by atoms with Gasteiger partial charge in [-0.15, -0.1) is 11.3 Å². The van der Waals surface area contributed by atoms with Crippen LogP contribution in [0.1, 0.15) is 22.5 Å². The standard InChI is InChI=1S/C11H13F2NO3S/c12-11(13)17-8-3-5-18-9(8)10(16)14-4-1-2-7(15)6-14/h3,5,7,11,15H,1-2,4,6H2/t7-/m0/s1. The second-order valence-electron chi connectivity index (χ2n) is 4.04. The molecule has 0 radical (unpaired) electrons. The average molecular weight is 277 g/mol. The largest absolute Gasteiger partial charge is 0.433 e. The Kier molecular flexibility index (Phi) is 4.13. The molecule has 18 heavy (non-hydrogen) atoms. The fourth-order valence-corrected chi connectivity index (χ4v) is 2.71. The monoisotopic (exact) mass is 277 g/mol. The number of aliphatic hydroxyl groups excluding tert-OH is 1. The summed E-state index contributed by atoms with van der Waals surface area (Å²) in [7, 11) is 0. The molecule has 1 fully saturated rings. The van der Waals surface area contributed by atoms with E-state index in [2.05, 4.69) is 4.74 Å². The minimum Gasteiger partial charge on any atom is -0.433 e. The Labute approximate surface area is 107 Å².